The molecule has 0 heterocycles. The highest BCUT2D eigenvalue weighted by Crippen LogP contribution is 2.16. The first-order chi connectivity index (χ1) is 8.70. The smallest absolute Gasteiger partial charge is 0.331 e. The van der Waals surface area contributed by atoms with Gasteiger partial charge in [-0.05, 0) is 19.3 Å². The van der Waals surface area contributed by atoms with Crippen LogP contribution in [0.15, 0.2) is 10.6 Å². The SMILES string of the molecule is CCCCCCCCC(Br)=CC(=O)OCCCC. The minimum absolute atomic E-state index is 0.221. The molecule has 0 aromatic rings. The van der Waals surface area contributed by atoms with Gasteiger partial charge in [-0.3, -0.25) is 0 Å². The summed E-state index contributed by atoms with van der Waals surface area (Å²) in [7, 11) is 0. The molecule has 0 radical (unpaired) electrons. The van der Waals surface area contributed by atoms with E-state index in [1.807, 2.05) is 0 Å². The van der Waals surface area contributed by atoms with Crippen LogP contribution >= 0.6 is 15.9 Å². The Labute approximate surface area is 120 Å². The Balaban J connectivity index is 3.54. The van der Waals surface area contributed by atoms with Crippen molar-refractivity contribution < 1.29 is 9.53 Å². The van der Waals surface area contributed by atoms with E-state index in [9.17, 15) is 4.79 Å². The van der Waals surface area contributed by atoms with Crippen molar-refractivity contribution >= 4 is 21.9 Å². The molecule has 0 aromatic carbocycles. The van der Waals surface area contributed by atoms with Gasteiger partial charge in [0.05, 0.1) is 6.61 Å². The third kappa shape index (κ3) is 12.2. The number of rotatable bonds is 11. The lowest BCUT2D eigenvalue weighted by Crippen LogP contribution is -2.02. The largest absolute Gasteiger partial charge is 0.463 e. The standard InChI is InChI=1S/C15H27BrO2/c1-3-5-7-8-9-10-11-14(16)13-15(17)18-12-6-4-2/h13H,3-12H2,1-2H3. The molecule has 0 N–H and O–H groups in total. The Hall–Kier alpha value is -0.310. The lowest BCUT2D eigenvalue weighted by atomic mass is 10.1. The molecule has 3 heteroatoms. The third-order valence-corrected chi connectivity index (χ3v) is 3.41. The summed E-state index contributed by atoms with van der Waals surface area (Å²) in [6.45, 7) is 4.84. The van der Waals surface area contributed by atoms with E-state index in [-0.39, 0.29) is 5.97 Å². The number of hydrogen-bond donors (Lipinski definition) is 0. The lowest BCUT2D eigenvalue weighted by Gasteiger charge is -2.02. The van der Waals surface area contributed by atoms with Crippen LogP contribution in [0, 0.1) is 0 Å². The summed E-state index contributed by atoms with van der Waals surface area (Å²) in [6, 6.07) is 0. The minimum Gasteiger partial charge on any atom is -0.463 e. The summed E-state index contributed by atoms with van der Waals surface area (Å²) in [4.78, 5) is 11.4. The van der Waals surface area contributed by atoms with Crippen LogP contribution in [-0.2, 0) is 9.53 Å². The third-order valence-electron chi connectivity index (χ3n) is 2.79. The summed E-state index contributed by atoms with van der Waals surface area (Å²) >= 11 is 3.43. The van der Waals surface area contributed by atoms with Crippen LogP contribution in [0.5, 0.6) is 0 Å². The predicted molar refractivity (Wildman–Crippen MR) is 80.9 cm³/mol. The van der Waals surface area contributed by atoms with E-state index < -0.39 is 0 Å². The predicted octanol–water partition coefficient (Wildman–Crippen LogP) is 5.36. The first kappa shape index (κ1) is 17.7. The Morgan fingerprint density at radius 2 is 1.61 bits per heavy atom. The average Bonchev–Trinajstić information content (AvgIpc) is 2.34. The molecule has 0 spiro atoms. The van der Waals surface area contributed by atoms with Gasteiger partial charge in [0.2, 0.25) is 0 Å². The second-order valence-corrected chi connectivity index (χ2v) is 5.65. The van der Waals surface area contributed by atoms with Crippen LogP contribution in [0.1, 0.15) is 71.6 Å². The van der Waals surface area contributed by atoms with E-state index in [2.05, 4.69) is 29.8 Å². The number of ether oxygens (including phenoxy) is 1. The van der Waals surface area contributed by atoms with E-state index in [1.165, 1.54) is 32.1 Å². The van der Waals surface area contributed by atoms with Gasteiger partial charge in [0.1, 0.15) is 0 Å². The zero-order valence-electron chi connectivity index (χ0n) is 11.8. The maximum atomic E-state index is 11.4. The summed E-state index contributed by atoms with van der Waals surface area (Å²) in [5, 5.41) is 0. The van der Waals surface area contributed by atoms with Crippen molar-refractivity contribution in [3.63, 3.8) is 0 Å². The Kier molecular flexibility index (Phi) is 12.9. The molecule has 0 amide bonds. The normalized spacial score (nSPS) is 11.6. The number of carbonyl (C=O) groups is 1. The maximum absolute atomic E-state index is 11.4. The van der Waals surface area contributed by atoms with Gasteiger partial charge in [-0.25, -0.2) is 4.79 Å². The van der Waals surface area contributed by atoms with Crippen LogP contribution < -0.4 is 0 Å². The van der Waals surface area contributed by atoms with Crippen molar-refractivity contribution in [1.82, 2.24) is 0 Å². The lowest BCUT2D eigenvalue weighted by molar-refractivity contribution is -0.137. The van der Waals surface area contributed by atoms with Gasteiger partial charge in [-0.1, -0.05) is 68.3 Å². The van der Waals surface area contributed by atoms with E-state index in [1.54, 1.807) is 6.08 Å². The first-order valence-electron chi connectivity index (χ1n) is 7.23. The zero-order valence-corrected chi connectivity index (χ0v) is 13.4. The number of allylic oxidation sites excluding steroid dienone is 1. The van der Waals surface area contributed by atoms with Crippen LogP contribution in [0.2, 0.25) is 0 Å². The molecule has 106 valence electrons. The molecular formula is C15H27BrO2. The molecule has 0 fully saturated rings. The van der Waals surface area contributed by atoms with Crippen molar-refractivity contribution in [3.8, 4) is 0 Å². The number of esters is 1. The fourth-order valence-corrected chi connectivity index (χ4v) is 2.10. The number of halogens is 1. The van der Waals surface area contributed by atoms with Gasteiger partial charge in [-0.15, -0.1) is 0 Å². The highest BCUT2D eigenvalue weighted by Gasteiger charge is 2.00. The molecule has 0 aliphatic carbocycles. The number of hydrogen-bond acceptors (Lipinski definition) is 2. The molecule has 2 nitrogen and oxygen atoms in total. The summed E-state index contributed by atoms with van der Waals surface area (Å²) in [5.41, 5.74) is 0. The van der Waals surface area contributed by atoms with Crippen LogP contribution in [0.25, 0.3) is 0 Å². The van der Waals surface area contributed by atoms with Crippen molar-refractivity contribution in [1.29, 1.82) is 0 Å². The van der Waals surface area contributed by atoms with Crippen LogP contribution in [0.4, 0.5) is 0 Å². The fourth-order valence-electron chi connectivity index (χ4n) is 1.63. The van der Waals surface area contributed by atoms with Gasteiger partial charge in [0, 0.05) is 10.6 Å². The van der Waals surface area contributed by atoms with E-state index >= 15 is 0 Å². The molecule has 0 saturated carbocycles. The molecule has 0 rings (SSSR count). The van der Waals surface area contributed by atoms with E-state index in [0.29, 0.717) is 6.61 Å². The van der Waals surface area contributed by atoms with Crippen molar-refractivity contribution in [2.45, 2.75) is 71.6 Å². The van der Waals surface area contributed by atoms with E-state index in [0.717, 1.165) is 30.2 Å². The summed E-state index contributed by atoms with van der Waals surface area (Å²) in [6.07, 6.45) is 12.1. The van der Waals surface area contributed by atoms with Gasteiger partial charge in [0.15, 0.2) is 0 Å². The van der Waals surface area contributed by atoms with Crippen LogP contribution in [-0.4, -0.2) is 12.6 Å². The molecule has 18 heavy (non-hydrogen) atoms. The minimum atomic E-state index is -0.221. The summed E-state index contributed by atoms with van der Waals surface area (Å²) < 4.78 is 6.03. The molecular weight excluding hydrogens is 292 g/mol. The molecule has 0 atom stereocenters. The maximum Gasteiger partial charge on any atom is 0.331 e. The quantitative estimate of drug-likeness (QED) is 0.291. The molecule has 0 aromatic heterocycles. The summed E-state index contributed by atoms with van der Waals surface area (Å²) in [5.74, 6) is -0.221. The second-order valence-electron chi connectivity index (χ2n) is 4.63. The highest BCUT2D eigenvalue weighted by molar-refractivity contribution is 9.11. The average molecular weight is 319 g/mol. The van der Waals surface area contributed by atoms with Gasteiger partial charge >= 0.3 is 5.97 Å². The Morgan fingerprint density at radius 1 is 1.00 bits per heavy atom. The molecule has 0 bridgehead atoms. The Bertz CT molecular complexity index is 237. The highest BCUT2D eigenvalue weighted by atomic mass is 79.9. The molecule has 0 aliphatic rings. The monoisotopic (exact) mass is 318 g/mol. The van der Waals surface area contributed by atoms with Crippen molar-refractivity contribution in [2.24, 2.45) is 0 Å². The fraction of sp³-hybridized carbons (Fsp3) is 0.800. The molecule has 0 saturated heterocycles. The molecule has 0 aliphatic heterocycles. The van der Waals surface area contributed by atoms with Crippen molar-refractivity contribution in [3.05, 3.63) is 10.6 Å². The van der Waals surface area contributed by atoms with Gasteiger partial charge in [-0.2, -0.15) is 0 Å². The second kappa shape index (κ2) is 13.1. The van der Waals surface area contributed by atoms with Gasteiger partial charge < -0.3 is 4.74 Å². The number of carbonyl (C=O) groups excluding carboxylic acids is 1. The van der Waals surface area contributed by atoms with E-state index in [4.69, 9.17) is 4.74 Å². The zero-order chi connectivity index (χ0) is 13.6. The molecule has 0 unspecified atom stereocenters. The number of unbranched alkanes of at least 4 members (excludes halogenated alkanes) is 6. The van der Waals surface area contributed by atoms with Crippen LogP contribution in [0.3, 0.4) is 0 Å². The first-order valence-corrected chi connectivity index (χ1v) is 8.02. The van der Waals surface area contributed by atoms with Crippen molar-refractivity contribution in [2.75, 3.05) is 6.61 Å². The Morgan fingerprint density at radius 3 is 2.28 bits per heavy atom. The van der Waals surface area contributed by atoms with Gasteiger partial charge in [0.25, 0.3) is 0 Å². The topological polar surface area (TPSA) is 26.3 Å².